The molecule has 0 aliphatic heterocycles. The topological polar surface area (TPSA) is 157 Å². The van der Waals surface area contributed by atoms with Crippen molar-refractivity contribution in [1.29, 1.82) is 0 Å². The standard InChI is InChI=1S/C26H18F2N4O7S/c27-18-6-3-14(32(35)36)10-13(18)12-31-20-11-19(28)16-7-9-39-24(16)22(20)21(17-2-1-8-29-25(17)33)23(31)26(34)30-40(37,38)15-4-5-15/h1-3,6-11,15H,4-5,12H2,(H,29,33)(H,30,34). The fourth-order valence-electron chi connectivity index (χ4n) is 4.79. The number of carbonyl (C=O) groups is 1. The summed E-state index contributed by atoms with van der Waals surface area (Å²) in [6.07, 6.45) is 3.27. The third-order valence-corrected chi connectivity index (χ3v) is 8.60. The number of rotatable bonds is 7. The van der Waals surface area contributed by atoms with Crippen molar-refractivity contribution in [3.05, 3.63) is 98.3 Å². The maximum atomic E-state index is 15.2. The largest absolute Gasteiger partial charge is 0.463 e. The SMILES string of the molecule is O=C(NS(=O)(=O)C1CC1)c1c(-c2ccc[nH]c2=O)c2c3occc3c(F)cc2n1Cc1cc([N+](=O)[O-])ccc1F. The molecule has 6 rings (SSSR count). The van der Waals surface area contributed by atoms with Crippen LogP contribution in [0.15, 0.2) is 64.1 Å². The molecule has 40 heavy (non-hydrogen) atoms. The van der Waals surface area contributed by atoms with E-state index in [0.29, 0.717) is 12.8 Å². The number of pyridine rings is 1. The lowest BCUT2D eigenvalue weighted by atomic mass is 10.0. The van der Waals surface area contributed by atoms with Gasteiger partial charge in [0.2, 0.25) is 10.0 Å². The van der Waals surface area contributed by atoms with E-state index in [2.05, 4.69) is 4.98 Å². The van der Waals surface area contributed by atoms with E-state index < -0.39 is 61.2 Å². The summed E-state index contributed by atoms with van der Waals surface area (Å²) in [5.41, 5.74) is -1.93. The minimum absolute atomic E-state index is 0.0253. The van der Waals surface area contributed by atoms with E-state index in [9.17, 15) is 32.5 Å². The van der Waals surface area contributed by atoms with Crippen LogP contribution in [0.4, 0.5) is 14.5 Å². The van der Waals surface area contributed by atoms with E-state index in [1.807, 2.05) is 4.72 Å². The molecule has 0 spiro atoms. The van der Waals surface area contributed by atoms with Crippen molar-refractivity contribution in [3.8, 4) is 11.1 Å². The van der Waals surface area contributed by atoms with E-state index in [1.54, 1.807) is 0 Å². The highest BCUT2D eigenvalue weighted by Crippen LogP contribution is 2.41. The molecule has 5 aromatic rings. The van der Waals surface area contributed by atoms with Gasteiger partial charge in [-0.15, -0.1) is 0 Å². The Hall–Kier alpha value is -4.85. The average molecular weight is 569 g/mol. The minimum atomic E-state index is -4.10. The fraction of sp³-hybridized carbons (Fsp3) is 0.154. The third-order valence-electron chi connectivity index (χ3n) is 6.79. The second-order valence-corrected chi connectivity index (χ2v) is 11.3. The molecule has 1 saturated carbocycles. The predicted octanol–water partition coefficient (Wildman–Crippen LogP) is 4.20. The van der Waals surface area contributed by atoms with Crippen molar-refractivity contribution in [1.82, 2.24) is 14.3 Å². The zero-order valence-corrected chi connectivity index (χ0v) is 21.1. The van der Waals surface area contributed by atoms with Crippen LogP contribution in [0.1, 0.15) is 28.9 Å². The summed E-state index contributed by atoms with van der Waals surface area (Å²) in [7, 11) is -4.10. The van der Waals surface area contributed by atoms with Crippen LogP contribution in [0.2, 0.25) is 0 Å². The van der Waals surface area contributed by atoms with E-state index >= 15 is 4.39 Å². The van der Waals surface area contributed by atoms with Crippen LogP contribution in [-0.4, -0.2) is 34.0 Å². The number of nitrogens with one attached hydrogen (secondary N) is 2. The Labute approximate surface area is 223 Å². The molecule has 0 unspecified atom stereocenters. The summed E-state index contributed by atoms with van der Waals surface area (Å²) < 4.78 is 64.4. The van der Waals surface area contributed by atoms with Gasteiger partial charge in [0.15, 0.2) is 0 Å². The quantitative estimate of drug-likeness (QED) is 0.220. The van der Waals surface area contributed by atoms with Gasteiger partial charge in [0.05, 0.1) is 44.8 Å². The number of H-pyrrole nitrogens is 1. The maximum absolute atomic E-state index is 15.2. The van der Waals surface area contributed by atoms with Crippen molar-refractivity contribution >= 4 is 43.5 Å². The summed E-state index contributed by atoms with van der Waals surface area (Å²) in [4.78, 5) is 39.8. The van der Waals surface area contributed by atoms with Crippen molar-refractivity contribution in [3.63, 3.8) is 0 Å². The highest BCUT2D eigenvalue weighted by atomic mass is 32.2. The summed E-state index contributed by atoms with van der Waals surface area (Å²) in [6.45, 7) is -0.549. The molecule has 0 bridgehead atoms. The summed E-state index contributed by atoms with van der Waals surface area (Å²) in [5.74, 6) is -2.77. The lowest BCUT2D eigenvalue weighted by molar-refractivity contribution is -0.385. The second-order valence-electron chi connectivity index (χ2n) is 9.35. The zero-order chi connectivity index (χ0) is 28.3. The van der Waals surface area contributed by atoms with Gasteiger partial charge in [0, 0.05) is 29.5 Å². The Morgan fingerprint density at radius 2 is 1.95 bits per heavy atom. The molecule has 2 N–H and O–H groups in total. The molecule has 14 heteroatoms. The van der Waals surface area contributed by atoms with Gasteiger partial charge in [-0.1, -0.05) is 0 Å². The summed E-state index contributed by atoms with van der Waals surface area (Å²) in [6, 6.07) is 8.06. The number of hydrogen-bond donors (Lipinski definition) is 2. The average Bonchev–Trinajstić information content (AvgIpc) is 3.58. The van der Waals surface area contributed by atoms with Gasteiger partial charge in [-0.3, -0.25) is 19.7 Å². The highest BCUT2D eigenvalue weighted by molar-refractivity contribution is 7.91. The number of hydrogen-bond acceptors (Lipinski definition) is 7. The van der Waals surface area contributed by atoms with Crippen molar-refractivity contribution < 1.29 is 31.3 Å². The number of halogens is 2. The Balaban J connectivity index is 1.71. The van der Waals surface area contributed by atoms with Crippen LogP contribution in [0.5, 0.6) is 0 Å². The van der Waals surface area contributed by atoms with Gasteiger partial charge in [-0.2, -0.15) is 0 Å². The molecule has 0 saturated heterocycles. The molecule has 3 aromatic heterocycles. The maximum Gasteiger partial charge on any atom is 0.282 e. The van der Waals surface area contributed by atoms with Crippen LogP contribution in [0, 0.1) is 21.7 Å². The van der Waals surface area contributed by atoms with Crippen molar-refractivity contribution in [2.75, 3.05) is 0 Å². The van der Waals surface area contributed by atoms with Crippen molar-refractivity contribution in [2.45, 2.75) is 24.6 Å². The van der Waals surface area contributed by atoms with E-state index in [-0.39, 0.29) is 38.6 Å². The number of sulfonamides is 1. The number of carbonyl (C=O) groups excluding carboxylic acids is 1. The highest BCUT2D eigenvalue weighted by Gasteiger charge is 2.39. The van der Waals surface area contributed by atoms with Crippen LogP contribution >= 0.6 is 0 Å². The number of nitrogens with zero attached hydrogens (tertiary/aromatic N) is 2. The molecule has 1 fully saturated rings. The first-order valence-electron chi connectivity index (χ1n) is 12.0. The number of amides is 1. The van der Waals surface area contributed by atoms with Crippen LogP contribution in [0.25, 0.3) is 33.0 Å². The van der Waals surface area contributed by atoms with Gasteiger partial charge in [-0.05, 0) is 43.2 Å². The zero-order valence-electron chi connectivity index (χ0n) is 20.3. The van der Waals surface area contributed by atoms with Gasteiger partial charge in [0.1, 0.15) is 22.9 Å². The molecule has 1 aliphatic rings. The normalized spacial score (nSPS) is 13.7. The number of aromatic nitrogens is 2. The third kappa shape index (κ3) is 4.12. The number of benzene rings is 2. The Morgan fingerprint density at radius 1 is 1.18 bits per heavy atom. The number of furan rings is 1. The van der Waals surface area contributed by atoms with Gasteiger partial charge < -0.3 is 14.0 Å². The summed E-state index contributed by atoms with van der Waals surface area (Å²) in [5, 5.41) is 10.7. The van der Waals surface area contributed by atoms with Crippen LogP contribution in [-0.2, 0) is 16.6 Å². The van der Waals surface area contributed by atoms with E-state index in [1.165, 1.54) is 30.7 Å². The molecule has 11 nitrogen and oxygen atoms in total. The Kier molecular flexibility index (Phi) is 5.80. The van der Waals surface area contributed by atoms with E-state index in [0.717, 1.165) is 28.8 Å². The number of nitro benzene ring substituents is 1. The van der Waals surface area contributed by atoms with Gasteiger partial charge >= 0.3 is 0 Å². The molecular formula is C26H18F2N4O7S. The van der Waals surface area contributed by atoms with Gasteiger partial charge in [0.25, 0.3) is 17.2 Å². The fourth-order valence-corrected chi connectivity index (χ4v) is 6.07. The monoisotopic (exact) mass is 568 g/mol. The molecule has 3 heterocycles. The number of aromatic amines is 1. The number of non-ortho nitro benzene ring substituents is 1. The molecule has 0 atom stereocenters. The molecular weight excluding hydrogens is 550 g/mol. The first-order chi connectivity index (χ1) is 19.1. The Morgan fingerprint density at radius 3 is 2.65 bits per heavy atom. The van der Waals surface area contributed by atoms with Crippen molar-refractivity contribution in [2.24, 2.45) is 0 Å². The molecule has 1 amide bonds. The molecule has 2 aromatic carbocycles. The van der Waals surface area contributed by atoms with Crippen LogP contribution in [0.3, 0.4) is 0 Å². The second kappa shape index (κ2) is 9.12. The molecule has 0 radical (unpaired) electrons. The molecule has 1 aliphatic carbocycles. The predicted molar refractivity (Wildman–Crippen MR) is 139 cm³/mol. The Bertz CT molecular complexity index is 2040. The minimum Gasteiger partial charge on any atom is -0.463 e. The van der Waals surface area contributed by atoms with Gasteiger partial charge in [-0.25, -0.2) is 21.9 Å². The first kappa shape index (κ1) is 25.4. The smallest absolute Gasteiger partial charge is 0.282 e. The number of nitro groups is 1. The molecule has 204 valence electrons. The number of fused-ring (bicyclic) bond motifs is 3. The lowest BCUT2D eigenvalue weighted by Crippen LogP contribution is -2.35. The lowest BCUT2D eigenvalue weighted by Gasteiger charge is -2.13. The van der Waals surface area contributed by atoms with Crippen LogP contribution < -0.4 is 10.3 Å². The first-order valence-corrected chi connectivity index (χ1v) is 13.5. The van der Waals surface area contributed by atoms with E-state index in [4.69, 9.17) is 4.42 Å². The summed E-state index contributed by atoms with van der Waals surface area (Å²) >= 11 is 0.